The number of nitrogens with zero attached hydrogens (tertiary/aromatic N) is 2. The molecule has 0 aliphatic rings. The number of rotatable bonds is 2. The molecule has 4 heteroatoms. The topological polar surface area (TPSA) is 57.4 Å². The standard InChI is InChI=1S/C20H20N4/c1-11-7-15-16(8-12(11)2)22-19(21-15)5-6-20-23-17-9-13(3)14(4)10-18(17)24-20/h5-10H,1-4H3,(H,21,22)(H,23,24)/b6-5+. The van der Waals surface area contributed by atoms with Crippen molar-refractivity contribution in [3.05, 3.63) is 58.2 Å². The molecule has 120 valence electrons. The molecule has 2 heterocycles. The number of hydrogen-bond donors (Lipinski definition) is 2. The van der Waals surface area contributed by atoms with Gasteiger partial charge in [-0.3, -0.25) is 0 Å². The van der Waals surface area contributed by atoms with Crippen LogP contribution in [0.5, 0.6) is 0 Å². The highest BCUT2D eigenvalue weighted by atomic mass is 14.9. The van der Waals surface area contributed by atoms with Gasteiger partial charge in [0.15, 0.2) is 0 Å². The minimum atomic E-state index is 0.836. The van der Waals surface area contributed by atoms with Crippen molar-refractivity contribution in [1.82, 2.24) is 19.9 Å². The first-order chi connectivity index (χ1) is 11.5. The Morgan fingerprint density at radius 3 is 1.42 bits per heavy atom. The number of fused-ring (bicyclic) bond motifs is 2. The number of benzene rings is 2. The maximum atomic E-state index is 4.63. The molecule has 0 unspecified atom stereocenters. The number of H-pyrrole nitrogens is 2. The van der Waals surface area contributed by atoms with E-state index in [4.69, 9.17) is 0 Å². The van der Waals surface area contributed by atoms with Crippen LogP contribution in [0.25, 0.3) is 34.2 Å². The minimum Gasteiger partial charge on any atom is -0.338 e. The minimum absolute atomic E-state index is 0.836. The Bertz CT molecular complexity index is 930. The van der Waals surface area contributed by atoms with Gasteiger partial charge in [-0.25, -0.2) is 9.97 Å². The summed E-state index contributed by atoms with van der Waals surface area (Å²) in [5.74, 6) is 1.67. The van der Waals surface area contributed by atoms with E-state index in [0.717, 1.165) is 33.7 Å². The first-order valence-electron chi connectivity index (χ1n) is 8.11. The predicted octanol–water partition coefficient (Wildman–Crippen LogP) is 4.84. The van der Waals surface area contributed by atoms with Crippen molar-refractivity contribution in [2.24, 2.45) is 0 Å². The highest BCUT2D eigenvalue weighted by Gasteiger charge is 2.05. The predicted molar refractivity (Wildman–Crippen MR) is 100 cm³/mol. The van der Waals surface area contributed by atoms with Crippen LogP contribution in [0.2, 0.25) is 0 Å². The van der Waals surface area contributed by atoms with Crippen LogP contribution in [0.4, 0.5) is 0 Å². The van der Waals surface area contributed by atoms with E-state index in [0.29, 0.717) is 0 Å². The van der Waals surface area contributed by atoms with Crippen molar-refractivity contribution in [3.8, 4) is 0 Å². The third-order valence-corrected chi connectivity index (χ3v) is 4.63. The molecule has 0 amide bonds. The molecule has 4 aromatic rings. The quantitative estimate of drug-likeness (QED) is 0.556. The largest absolute Gasteiger partial charge is 0.338 e. The van der Waals surface area contributed by atoms with E-state index in [1.54, 1.807) is 0 Å². The van der Waals surface area contributed by atoms with Crippen LogP contribution >= 0.6 is 0 Å². The molecule has 24 heavy (non-hydrogen) atoms. The summed E-state index contributed by atoms with van der Waals surface area (Å²) in [6.07, 6.45) is 3.92. The van der Waals surface area contributed by atoms with Gasteiger partial charge in [-0.1, -0.05) is 0 Å². The number of aryl methyl sites for hydroxylation is 4. The Hall–Kier alpha value is -2.88. The van der Waals surface area contributed by atoms with Crippen molar-refractivity contribution < 1.29 is 0 Å². The second-order valence-electron chi connectivity index (χ2n) is 6.48. The number of imidazole rings is 2. The molecule has 0 saturated carbocycles. The van der Waals surface area contributed by atoms with Gasteiger partial charge >= 0.3 is 0 Å². The highest BCUT2D eigenvalue weighted by molar-refractivity contribution is 5.82. The molecule has 4 rings (SSSR count). The number of nitrogens with one attached hydrogen (secondary N) is 2. The van der Waals surface area contributed by atoms with E-state index >= 15 is 0 Å². The first kappa shape index (κ1) is 14.7. The van der Waals surface area contributed by atoms with Crippen molar-refractivity contribution >= 4 is 34.2 Å². The molecule has 0 radical (unpaired) electrons. The zero-order chi connectivity index (χ0) is 16.8. The van der Waals surface area contributed by atoms with Gasteiger partial charge in [0.25, 0.3) is 0 Å². The fraction of sp³-hybridized carbons (Fsp3) is 0.200. The van der Waals surface area contributed by atoms with E-state index in [-0.39, 0.29) is 0 Å². The summed E-state index contributed by atoms with van der Waals surface area (Å²) in [5.41, 5.74) is 9.17. The molecular formula is C20H20N4. The molecule has 0 bridgehead atoms. The molecule has 0 spiro atoms. The average Bonchev–Trinajstić information content (AvgIpc) is 3.09. The summed E-state index contributed by atoms with van der Waals surface area (Å²) in [5, 5.41) is 0. The van der Waals surface area contributed by atoms with E-state index in [9.17, 15) is 0 Å². The van der Waals surface area contributed by atoms with Gasteiger partial charge in [-0.2, -0.15) is 0 Å². The number of aromatic nitrogens is 4. The summed E-state index contributed by atoms with van der Waals surface area (Å²) in [6, 6.07) is 8.51. The van der Waals surface area contributed by atoms with Crippen molar-refractivity contribution in [2.75, 3.05) is 0 Å². The van der Waals surface area contributed by atoms with E-state index in [1.165, 1.54) is 22.3 Å². The summed E-state index contributed by atoms with van der Waals surface area (Å²) < 4.78 is 0. The van der Waals surface area contributed by atoms with Crippen LogP contribution in [0.3, 0.4) is 0 Å². The van der Waals surface area contributed by atoms with Gasteiger partial charge in [-0.15, -0.1) is 0 Å². The van der Waals surface area contributed by atoms with Gasteiger partial charge in [0, 0.05) is 0 Å². The monoisotopic (exact) mass is 316 g/mol. The average molecular weight is 316 g/mol. The van der Waals surface area contributed by atoms with Crippen LogP contribution in [0.1, 0.15) is 33.9 Å². The Morgan fingerprint density at radius 1 is 0.625 bits per heavy atom. The zero-order valence-electron chi connectivity index (χ0n) is 14.4. The van der Waals surface area contributed by atoms with Crippen LogP contribution in [-0.4, -0.2) is 19.9 Å². The Morgan fingerprint density at radius 2 is 1.00 bits per heavy atom. The highest BCUT2D eigenvalue weighted by Crippen LogP contribution is 2.20. The lowest BCUT2D eigenvalue weighted by atomic mass is 10.1. The van der Waals surface area contributed by atoms with Crippen LogP contribution in [0.15, 0.2) is 24.3 Å². The lowest BCUT2D eigenvalue weighted by molar-refractivity contribution is 1.27. The molecule has 2 aromatic heterocycles. The number of aromatic amines is 2. The Kier molecular flexibility index (Phi) is 3.27. The maximum absolute atomic E-state index is 4.63. The molecular weight excluding hydrogens is 296 g/mol. The third kappa shape index (κ3) is 2.50. The zero-order valence-corrected chi connectivity index (χ0v) is 14.4. The van der Waals surface area contributed by atoms with Gasteiger partial charge in [-0.05, 0) is 86.4 Å². The smallest absolute Gasteiger partial charge is 0.131 e. The molecule has 2 N–H and O–H groups in total. The van der Waals surface area contributed by atoms with Gasteiger partial charge < -0.3 is 9.97 Å². The summed E-state index contributed by atoms with van der Waals surface area (Å²) in [7, 11) is 0. The fourth-order valence-corrected chi connectivity index (χ4v) is 2.89. The van der Waals surface area contributed by atoms with Crippen LogP contribution in [-0.2, 0) is 0 Å². The molecule has 0 saturated heterocycles. The fourth-order valence-electron chi connectivity index (χ4n) is 2.89. The van der Waals surface area contributed by atoms with E-state index in [1.807, 2.05) is 12.2 Å². The van der Waals surface area contributed by atoms with E-state index < -0.39 is 0 Å². The third-order valence-electron chi connectivity index (χ3n) is 4.63. The van der Waals surface area contributed by atoms with Crippen LogP contribution in [0, 0.1) is 27.7 Å². The van der Waals surface area contributed by atoms with Crippen LogP contribution < -0.4 is 0 Å². The Labute approximate surface area is 140 Å². The van der Waals surface area contributed by atoms with Gasteiger partial charge in [0.1, 0.15) is 11.6 Å². The van der Waals surface area contributed by atoms with Gasteiger partial charge in [0.05, 0.1) is 22.1 Å². The SMILES string of the molecule is Cc1cc2nc(/C=C/c3nc4cc(C)c(C)cc4[nH]3)[nH]c2cc1C. The lowest BCUT2D eigenvalue weighted by Crippen LogP contribution is -1.79. The Balaban J connectivity index is 1.69. The summed E-state index contributed by atoms with van der Waals surface area (Å²) in [4.78, 5) is 15.9. The summed E-state index contributed by atoms with van der Waals surface area (Å²) in [6.45, 7) is 8.45. The van der Waals surface area contributed by atoms with E-state index in [2.05, 4.69) is 71.9 Å². The van der Waals surface area contributed by atoms with Crippen molar-refractivity contribution in [1.29, 1.82) is 0 Å². The maximum Gasteiger partial charge on any atom is 0.131 e. The molecule has 0 fully saturated rings. The molecule has 0 atom stereocenters. The van der Waals surface area contributed by atoms with Crippen molar-refractivity contribution in [3.63, 3.8) is 0 Å². The lowest BCUT2D eigenvalue weighted by Gasteiger charge is -1.97. The molecule has 0 aliphatic carbocycles. The number of hydrogen-bond acceptors (Lipinski definition) is 2. The second kappa shape index (κ2) is 5.34. The first-order valence-corrected chi connectivity index (χ1v) is 8.11. The molecule has 4 nitrogen and oxygen atoms in total. The van der Waals surface area contributed by atoms with Gasteiger partial charge in [0.2, 0.25) is 0 Å². The molecule has 2 aromatic carbocycles. The summed E-state index contributed by atoms with van der Waals surface area (Å²) >= 11 is 0. The molecule has 0 aliphatic heterocycles. The van der Waals surface area contributed by atoms with Crippen molar-refractivity contribution in [2.45, 2.75) is 27.7 Å². The normalized spacial score (nSPS) is 12.0. The second-order valence-corrected chi connectivity index (χ2v) is 6.48.